The Balaban J connectivity index is 1.79. The highest BCUT2D eigenvalue weighted by molar-refractivity contribution is 6.30. The van der Waals surface area contributed by atoms with Gasteiger partial charge >= 0.3 is 0 Å². The molecule has 0 aromatic heterocycles. The molecule has 0 aliphatic rings. The number of fused-ring (bicyclic) bond motifs is 1. The highest BCUT2D eigenvalue weighted by atomic mass is 35.5. The van der Waals surface area contributed by atoms with E-state index < -0.39 is 0 Å². The van der Waals surface area contributed by atoms with Crippen molar-refractivity contribution in [2.24, 2.45) is 0 Å². The van der Waals surface area contributed by atoms with Gasteiger partial charge in [-0.15, -0.1) is 0 Å². The topological polar surface area (TPSA) is 29.1 Å². The van der Waals surface area contributed by atoms with Crippen LogP contribution in [0.5, 0.6) is 0 Å². The Bertz CT molecular complexity index is 849. The minimum atomic E-state index is -0.185. The van der Waals surface area contributed by atoms with E-state index in [0.29, 0.717) is 10.7 Å². The second-order valence-corrected chi connectivity index (χ2v) is 5.34. The first-order valence-electron chi connectivity index (χ1n) is 6.95. The van der Waals surface area contributed by atoms with Gasteiger partial charge in [0, 0.05) is 16.8 Å². The van der Waals surface area contributed by atoms with Crippen LogP contribution < -0.4 is 5.32 Å². The maximum atomic E-state index is 12.0. The molecule has 3 aromatic rings. The molecular weight excluding hydrogens is 294 g/mol. The molecule has 0 saturated carbocycles. The molecule has 108 valence electrons. The van der Waals surface area contributed by atoms with Gasteiger partial charge in [0.05, 0.1) is 0 Å². The minimum Gasteiger partial charge on any atom is -0.322 e. The number of anilines is 1. The molecule has 0 saturated heterocycles. The maximum Gasteiger partial charge on any atom is 0.248 e. The van der Waals surface area contributed by atoms with Crippen LogP contribution in [0.15, 0.2) is 72.8 Å². The molecule has 2 nitrogen and oxygen atoms in total. The fraction of sp³-hybridized carbons (Fsp3) is 0. The van der Waals surface area contributed by atoms with Crippen molar-refractivity contribution >= 4 is 40.0 Å². The Morgan fingerprint density at radius 1 is 0.955 bits per heavy atom. The molecule has 0 fully saturated rings. The predicted octanol–water partition coefficient (Wildman–Crippen LogP) is 5.15. The highest BCUT2D eigenvalue weighted by Crippen LogP contribution is 2.20. The average molecular weight is 308 g/mol. The summed E-state index contributed by atoms with van der Waals surface area (Å²) in [6.07, 6.45) is 3.35. The average Bonchev–Trinajstić information content (AvgIpc) is 2.53. The fourth-order valence-corrected chi connectivity index (χ4v) is 2.50. The first-order chi connectivity index (χ1) is 10.7. The number of halogens is 1. The van der Waals surface area contributed by atoms with Crippen LogP contribution in [0.3, 0.4) is 0 Å². The lowest BCUT2D eigenvalue weighted by Crippen LogP contribution is -2.07. The van der Waals surface area contributed by atoms with Crippen molar-refractivity contribution in [2.45, 2.75) is 0 Å². The zero-order valence-electron chi connectivity index (χ0n) is 11.8. The van der Waals surface area contributed by atoms with E-state index in [-0.39, 0.29) is 5.91 Å². The Kier molecular flexibility index (Phi) is 4.22. The molecular formula is C19H14ClNO. The Morgan fingerprint density at radius 3 is 2.59 bits per heavy atom. The number of hydrogen-bond acceptors (Lipinski definition) is 1. The van der Waals surface area contributed by atoms with Crippen LogP contribution in [-0.2, 0) is 4.79 Å². The molecule has 3 heteroatoms. The summed E-state index contributed by atoms with van der Waals surface area (Å²) in [4.78, 5) is 12.0. The lowest BCUT2D eigenvalue weighted by molar-refractivity contribution is -0.111. The van der Waals surface area contributed by atoms with Crippen LogP contribution in [-0.4, -0.2) is 5.91 Å². The van der Waals surface area contributed by atoms with Crippen LogP contribution in [0, 0.1) is 0 Å². The monoisotopic (exact) mass is 307 g/mol. The van der Waals surface area contributed by atoms with Gasteiger partial charge in [-0.05, 0) is 40.6 Å². The molecule has 0 aliphatic heterocycles. The molecule has 0 unspecified atom stereocenters. The number of rotatable bonds is 3. The first kappa shape index (κ1) is 14.4. The second kappa shape index (κ2) is 6.46. The van der Waals surface area contributed by atoms with Crippen molar-refractivity contribution in [1.29, 1.82) is 0 Å². The fourth-order valence-electron chi connectivity index (χ4n) is 2.31. The number of benzene rings is 3. The summed E-state index contributed by atoms with van der Waals surface area (Å²) in [5.41, 5.74) is 1.69. The molecule has 0 atom stereocenters. The normalized spacial score (nSPS) is 11.0. The third-order valence-electron chi connectivity index (χ3n) is 3.33. The third kappa shape index (κ3) is 3.35. The predicted molar refractivity (Wildman–Crippen MR) is 93.1 cm³/mol. The highest BCUT2D eigenvalue weighted by Gasteiger charge is 2.00. The lowest BCUT2D eigenvalue weighted by Gasteiger charge is -2.03. The molecule has 3 rings (SSSR count). The molecule has 22 heavy (non-hydrogen) atoms. The molecule has 0 radical (unpaired) electrons. The molecule has 0 aliphatic carbocycles. The summed E-state index contributed by atoms with van der Waals surface area (Å²) in [7, 11) is 0. The van der Waals surface area contributed by atoms with Crippen molar-refractivity contribution in [3.05, 3.63) is 83.4 Å². The summed E-state index contributed by atoms with van der Waals surface area (Å²) < 4.78 is 0. The molecule has 0 heterocycles. The van der Waals surface area contributed by atoms with Gasteiger partial charge in [-0.3, -0.25) is 4.79 Å². The second-order valence-electron chi connectivity index (χ2n) is 4.90. The van der Waals surface area contributed by atoms with Crippen LogP contribution in [0.1, 0.15) is 5.56 Å². The molecule has 1 N–H and O–H groups in total. The van der Waals surface area contributed by atoms with Crippen molar-refractivity contribution in [1.82, 2.24) is 0 Å². The van der Waals surface area contributed by atoms with Gasteiger partial charge < -0.3 is 5.32 Å². The maximum absolute atomic E-state index is 12.0. The summed E-state index contributed by atoms with van der Waals surface area (Å²) in [5.74, 6) is -0.185. The number of hydrogen-bond donors (Lipinski definition) is 1. The molecule has 1 amide bonds. The van der Waals surface area contributed by atoms with Gasteiger partial charge in [0.25, 0.3) is 0 Å². The SMILES string of the molecule is O=C(/C=C/c1cccc2ccccc12)Nc1cccc(Cl)c1. The number of amides is 1. The van der Waals surface area contributed by atoms with Gasteiger partial charge in [0.2, 0.25) is 5.91 Å². The third-order valence-corrected chi connectivity index (χ3v) is 3.56. The number of carbonyl (C=O) groups is 1. The van der Waals surface area contributed by atoms with E-state index in [1.165, 1.54) is 6.08 Å². The van der Waals surface area contributed by atoms with Crippen molar-refractivity contribution in [2.75, 3.05) is 5.32 Å². The van der Waals surface area contributed by atoms with E-state index in [9.17, 15) is 4.79 Å². The Labute approximate surface area is 134 Å². The summed E-state index contributed by atoms with van der Waals surface area (Å²) >= 11 is 5.90. The van der Waals surface area contributed by atoms with Crippen molar-refractivity contribution in [3.63, 3.8) is 0 Å². The zero-order valence-corrected chi connectivity index (χ0v) is 12.5. The molecule has 0 spiro atoms. The van der Waals surface area contributed by atoms with Crippen molar-refractivity contribution < 1.29 is 4.79 Å². The van der Waals surface area contributed by atoms with Gasteiger partial charge in [-0.25, -0.2) is 0 Å². The summed E-state index contributed by atoms with van der Waals surface area (Å²) in [6.45, 7) is 0. The Hall–Kier alpha value is -2.58. The van der Waals surface area contributed by atoms with E-state index in [1.54, 1.807) is 24.3 Å². The quantitative estimate of drug-likeness (QED) is 0.666. The molecule has 0 bridgehead atoms. The van der Waals surface area contributed by atoms with Crippen LogP contribution in [0.4, 0.5) is 5.69 Å². The van der Waals surface area contributed by atoms with E-state index in [0.717, 1.165) is 16.3 Å². The van der Waals surface area contributed by atoms with Crippen LogP contribution in [0.2, 0.25) is 5.02 Å². The van der Waals surface area contributed by atoms with Gasteiger partial charge in [0.15, 0.2) is 0 Å². The first-order valence-corrected chi connectivity index (χ1v) is 7.32. The largest absolute Gasteiger partial charge is 0.322 e. The van der Waals surface area contributed by atoms with E-state index >= 15 is 0 Å². The lowest BCUT2D eigenvalue weighted by atomic mass is 10.0. The minimum absolute atomic E-state index is 0.185. The number of nitrogens with one attached hydrogen (secondary N) is 1. The van der Waals surface area contributed by atoms with Crippen LogP contribution in [0.25, 0.3) is 16.8 Å². The van der Waals surface area contributed by atoms with Gasteiger partial charge in [0.1, 0.15) is 0 Å². The van der Waals surface area contributed by atoms with E-state index in [4.69, 9.17) is 11.6 Å². The number of carbonyl (C=O) groups excluding carboxylic acids is 1. The van der Waals surface area contributed by atoms with Gasteiger partial charge in [-0.2, -0.15) is 0 Å². The van der Waals surface area contributed by atoms with Crippen molar-refractivity contribution in [3.8, 4) is 0 Å². The summed E-state index contributed by atoms with van der Waals surface area (Å²) in [6, 6.07) is 21.2. The van der Waals surface area contributed by atoms with Crippen LogP contribution >= 0.6 is 11.6 Å². The smallest absolute Gasteiger partial charge is 0.248 e. The standard InChI is InChI=1S/C19H14ClNO/c20-16-8-4-9-17(13-16)21-19(22)12-11-15-7-3-6-14-5-1-2-10-18(14)15/h1-13H,(H,21,22)/b12-11+. The van der Waals surface area contributed by atoms with E-state index in [2.05, 4.69) is 17.4 Å². The van der Waals surface area contributed by atoms with Gasteiger partial charge in [-0.1, -0.05) is 60.1 Å². The zero-order chi connectivity index (χ0) is 15.4. The Morgan fingerprint density at radius 2 is 1.73 bits per heavy atom. The summed E-state index contributed by atoms with van der Waals surface area (Å²) in [5, 5.41) is 5.66. The molecule has 3 aromatic carbocycles. The van der Waals surface area contributed by atoms with E-state index in [1.807, 2.05) is 36.4 Å².